The van der Waals surface area contributed by atoms with Crippen LogP contribution in [0.15, 0.2) is 29.2 Å². The number of halogens is 1. The maximum absolute atomic E-state index is 12.6. The molecule has 6 nitrogen and oxygen atoms in total. The number of carbonyl (C=O) groups excluding carboxylic acids is 1. The highest BCUT2D eigenvalue weighted by molar-refractivity contribution is 6.33. The fourth-order valence-corrected chi connectivity index (χ4v) is 3.52. The maximum atomic E-state index is 12.6. The van der Waals surface area contributed by atoms with E-state index in [0.717, 1.165) is 47.4 Å². The molecule has 1 aromatic heterocycles. The van der Waals surface area contributed by atoms with Crippen LogP contribution in [0.3, 0.4) is 0 Å². The molecule has 0 spiro atoms. The van der Waals surface area contributed by atoms with Crippen molar-refractivity contribution in [3.63, 3.8) is 0 Å². The normalized spacial score (nSPS) is 15.0. The van der Waals surface area contributed by atoms with Gasteiger partial charge in [0.15, 0.2) is 0 Å². The van der Waals surface area contributed by atoms with Gasteiger partial charge in [-0.15, -0.1) is 0 Å². The first-order chi connectivity index (χ1) is 12.9. The lowest BCUT2D eigenvalue weighted by Gasteiger charge is -2.32. The third kappa shape index (κ3) is 4.33. The summed E-state index contributed by atoms with van der Waals surface area (Å²) in [6.07, 6.45) is 3.72. The minimum absolute atomic E-state index is 0.124. The number of aryl methyl sites for hydroxylation is 1. The monoisotopic (exact) mass is 388 g/mol. The quantitative estimate of drug-likeness (QED) is 0.871. The molecule has 0 bridgehead atoms. The molecule has 0 unspecified atom stereocenters. The van der Waals surface area contributed by atoms with Crippen LogP contribution in [-0.2, 0) is 11.3 Å². The van der Waals surface area contributed by atoms with E-state index in [9.17, 15) is 9.59 Å². The topological polar surface area (TPSA) is 67.2 Å². The van der Waals surface area contributed by atoms with E-state index in [-0.39, 0.29) is 17.5 Å². The Morgan fingerprint density at radius 3 is 2.70 bits per heavy atom. The van der Waals surface area contributed by atoms with E-state index in [1.807, 2.05) is 32.0 Å². The Kier molecular flexibility index (Phi) is 5.85. The van der Waals surface area contributed by atoms with Crippen molar-refractivity contribution in [1.29, 1.82) is 0 Å². The van der Waals surface area contributed by atoms with E-state index in [1.165, 1.54) is 0 Å². The Balaban J connectivity index is 1.74. The standard InChI is InChI=1S/C20H25ClN4O2/c1-13-7-9-24(10-8-13)17-11-22-25(20(27)19(17)21)12-18(26)23-16-6-4-5-14(2)15(16)3/h4-6,11,13H,7-10,12H2,1-3H3,(H,23,26). The van der Waals surface area contributed by atoms with Crippen LogP contribution in [0.4, 0.5) is 11.4 Å². The molecule has 7 heteroatoms. The number of carbonyl (C=O) groups is 1. The first kappa shape index (κ1) is 19.4. The molecule has 0 radical (unpaired) electrons. The van der Waals surface area contributed by atoms with Crippen molar-refractivity contribution in [3.05, 3.63) is 50.9 Å². The van der Waals surface area contributed by atoms with Crippen molar-refractivity contribution >= 4 is 28.9 Å². The first-order valence-electron chi connectivity index (χ1n) is 9.23. The number of piperidine rings is 1. The first-order valence-corrected chi connectivity index (χ1v) is 9.61. The Morgan fingerprint density at radius 1 is 1.30 bits per heavy atom. The average molecular weight is 389 g/mol. The molecule has 144 valence electrons. The van der Waals surface area contributed by atoms with E-state index < -0.39 is 5.56 Å². The molecule has 1 saturated heterocycles. The van der Waals surface area contributed by atoms with Crippen LogP contribution in [0.1, 0.15) is 30.9 Å². The summed E-state index contributed by atoms with van der Waals surface area (Å²) < 4.78 is 1.11. The van der Waals surface area contributed by atoms with Crippen LogP contribution >= 0.6 is 11.6 Å². The zero-order chi connectivity index (χ0) is 19.6. The predicted molar refractivity (Wildman–Crippen MR) is 109 cm³/mol. The third-order valence-electron chi connectivity index (χ3n) is 5.26. The van der Waals surface area contributed by atoms with Gasteiger partial charge >= 0.3 is 0 Å². The average Bonchev–Trinajstić information content (AvgIpc) is 2.64. The number of rotatable bonds is 4. The van der Waals surface area contributed by atoms with Crippen LogP contribution in [-0.4, -0.2) is 28.8 Å². The second kappa shape index (κ2) is 8.13. The minimum atomic E-state index is -0.441. The Bertz CT molecular complexity index is 901. The number of aromatic nitrogens is 2. The fraction of sp³-hybridized carbons (Fsp3) is 0.450. The van der Waals surface area contributed by atoms with Gasteiger partial charge in [0, 0.05) is 18.8 Å². The molecule has 0 atom stereocenters. The molecule has 2 heterocycles. The zero-order valence-corrected chi connectivity index (χ0v) is 16.7. The van der Waals surface area contributed by atoms with Crippen molar-refractivity contribution in [3.8, 4) is 0 Å². The molecule has 1 aliphatic heterocycles. The van der Waals surface area contributed by atoms with Crippen molar-refractivity contribution in [2.45, 2.75) is 40.2 Å². The van der Waals surface area contributed by atoms with Gasteiger partial charge in [0.1, 0.15) is 11.6 Å². The van der Waals surface area contributed by atoms with Crippen LogP contribution in [0, 0.1) is 19.8 Å². The highest BCUT2D eigenvalue weighted by Crippen LogP contribution is 2.26. The summed E-state index contributed by atoms with van der Waals surface area (Å²) >= 11 is 6.31. The van der Waals surface area contributed by atoms with Gasteiger partial charge in [-0.1, -0.05) is 30.7 Å². The van der Waals surface area contributed by atoms with Crippen LogP contribution < -0.4 is 15.8 Å². The molecule has 27 heavy (non-hydrogen) atoms. The largest absolute Gasteiger partial charge is 0.369 e. The van der Waals surface area contributed by atoms with Gasteiger partial charge in [-0.2, -0.15) is 5.10 Å². The van der Waals surface area contributed by atoms with Crippen LogP contribution in [0.25, 0.3) is 0 Å². The number of nitrogens with zero attached hydrogens (tertiary/aromatic N) is 3. The SMILES string of the molecule is Cc1cccc(NC(=O)Cn2ncc(N3CCC(C)CC3)c(Cl)c2=O)c1C. The molecule has 1 N–H and O–H groups in total. The van der Waals surface area contributed by atoms with Crippen molar-refractivity contribution in [1.82, 2.24) is 9.78 Å². The Labute approximate surface area is 164 Å². The summed E-state index contributed by atoms with van der Waals surface area (Å²) in [5.74, 6) is 0.371. The Morgan fingerprint density at radius 2 is 2.00 bits per heavy atom. The molecule has 1 aromatic carbocycles. The lowest BCUT2D eigenvalue weighted by Crippen LogP contribution is -2.36. The second-order valence-corrected chi connectivity index (χ2v) is 7.65. The zero-order valence-electron chi connectivity index (χ0n) is 16.0. The molecule has 3 rings (SSSR count). The molecule has 1 amide bonds. The molecule has 1 aliphatic rings. The summed E-state index contributed by atoms with van der Waals surface area (Å²) in [5.41, 5.74) is 3.03. The van der Waals surface area contributed by atoms with E-state index in [1.54, 1.807) is 6.20 Å². The lowest BCUT2D eigenvalue weighted by atomic mass is 9.99. The summed E-state index contributed by atoms with van der Waals surface area (Å²) in [7, 11) is 0. The molecule has 0 saturated carbocycles. The smallest absolute Gasteiger partial charge is 0.288 e. The minimum Gasteiger partial charge on any atom is -0.369 e. The number of amides is 1. The van der Waals surface area contributed by atoms with E-state index >= 15 is 0 Å². The summed E-state index contributed by atoms with van der Waals surface area (Å²) in [4.78, 5) is 27.0. The maximum Gasteiger partial charge on any atom is 0.288 e. The summed E-state index contributed by atoms with van der Waals surface area (Å²) in [6.45, 7) is 7.70. The number of benzene rings is 1. The number of hydrogen-bond donors (Lipinski definition) is 1. The number of anilines is 2. The van der Waals surface area contributed by atoms with Gasteiger partial charge in [0.2, 0.25) is 5.91 Å². The van der Waals surface area contributed by atoms with Gasteiger partial charge < -0.3 is 10.2 Å². The second-order valence-electron chi connectivity index (χ2n) is 7.27. The fourth-order valence-electron chi connectivity index (χ4n) is 3.25. The van der Waals surface area contributed by atoms with Gasteiger partial charge in [-0.05, 0) is 49.8 Å². The third-order valence-corrected chi connectivity index (χ3v) is 5.62. The molecular formula is C20H25ClN4O2. The van der Waals surface area contributed by atoms with Gasteiger partial charge in [0.05, 0.1) is 11.9 Å². The van der Waals surface area contributed by atoms with Crippen LogP contribution in [0.5, 0.6) is 0 Å². The van der Waals surface area contributed by atoms with E-state index in [2.05, 4.69) is 22.2 Å². The number of nitrogens with one attached hydrogen (secondary N) is 1. The summed E-state index contributed by atoms with van der Waals surface area (Å²) in [6, 6.07) is 5.70. The molecular weight excluding hydrogens is 364 g/mol. The number of hydrogen-bond acceptors (Lipinski definition) is 4. The van der Waals surface area contributed by atoms with Gasteiger partial charge in [0.25, 0.3) is 5.56 Å². The Hall–Kier alpha value is -2.34. The molecule has 2 aromatic rings. The lowest BCUT2D eigenvalue weighted by molar-refractivity contribution is -0.117. The highest BCUT2D eigenvalue weighted by atomic mass is 35.5. The van der Waals surface area contributed by atoms with Crippen LogP contribution in [0.2, 0.25) is 5.02 Å². The van der Waals surface area contributed by atoms with Crippen molar-refractivity contribution < 1.29 is 4.79 Å². The highest BCUT2D eigenvalue weighted by Gasteiger charge is 2.21. The predicted octanol–water partition coefficient (Wildman–Crippen LogP) is 3.39. The van der Waals surface area contributed by atoms with Crippen molar-refractivity contribution in [2.75, 3.05) is 23.3 Å². The van der Waals surface area contributed by atoms with E-state index in [0.29, 0.717) is 11.6 Å². The van der Waals surface area contributed by atoms with E-state index in [4.69, 9.17) is 11.6 Å². The molecule has 0 aliphatic carbocycles. The van der Waals surface area contributed by atoms with Crippen molar-refractivity contribution in [2.24, 2.45) is 5.92 Å². The molecule has 1 fully saturated rings. The summed E-state index contributed by atoms with van der Waals surface area (Å²) in [5, 5.41) is 7.13. The van der Waals surface area contributed by atoms with Gasteiger partial charge in [-0.25, -0.2) is 4.68 Å². The van der Waals surface area contributed by atoms with Gasteiger partial charge in [-0.3, -0.25) is 9.59 Å².